The molecular weight excluding hydrogens is 601 g/mol. The van der Waals surface area contributed by atoms with Crippen molar-refractivity contribution in [2.75, 3.05) is 17.2 Å². The Morgan fingerprint density at radius 1 is 1.07 bits per heavy atom. The molecule has 12 heteroatoms. The van der Waals surface area contributed by atoms with Gasteiger partial charge in [-0.3, -0.25) is 0 Å². The zero-order valence-corrected chi connectivity index (χ0v) is 26.4. The molecular formula is C33H35F3N6O2S. The van der Waals surface area contributed by atoms with Crippen LogP contribution < -0.4 is 15.0 Å². The monoisotopic (exact) mass is 636 g/mol. The number of thioether (sulfide) groups is 1. The van der Waals surface area contributed by atoms with E-state index in [-0.39, 0.29) is 17.8 Å². The number of urea groups is 1. The largest absolute Gasteiger partial charge is 0.573 e. The molecule has 8 nitrogen and oxygen atoms in total. The van der Waals surface area contributed by atoms with Crippen molar-refractivity contribution >= 4 is 28.6 Å². The van der Waals surface area contributed by atoms with Crippen LogP contribution in [0.2, 0.25) is 0 Å². The summed E-state index contributed by atoms with van der Waals surface area (Å²) in [6.45, 7) is 9.11. The van der Waals surface area contributed by atoms with E-state index >= 15 is 0 Å². The van der Waals surface area contributed by atoms with Gasteiger partial charge in [0.25, 0.3) is 0 Å². The second-order valence-corrected chi connectivity index (χ2v) is 12.2. The Balaban J connectivity index is 1.15. The van der Waals surface area contributed by atoms with Crippen molar-refractivity contribution in [1.29, 1.82) is 0 Å². The van der Waals surface area contributed by atoms with Crippen LogP contribution in [-0.4, -0.2) is 50.7 Å². The SMILES string of the molecule is Cc1cc(C)c(N2CCCS/C2=N\C(=O)NC(C)CCc2ccc(-c3ncn(-c4ccc(OC(F)(F)F)cc4)n3)cc2)c(C)c1. The summed E-state index contributed by atoms with van der Waals surface area (Å²) in [7, 11) is 0. The summed E-state index contributed by atoms with van der Waals surface area (Å²) in [5, 5.41) is 8.22. The standard InChI is InChI=1S/C33H35F3N6O2S/c1-21-18-22(2)29(23(3)19-21)41-16-5-17-45-32(41)39-31(43)38-24(4)6-7-25-8-10-26(11-9-25)30-37-20-42(40-30)27-12-14-28(15-13-27)44-33(34,35)36/h8-15,18-20,24H,5-7,16-17H2,1-4H3,(H,38,43)/b39-32-. The van der Waals surface area contributed by atoms with Gasteiger partial charge in [0.05, 0.1) is 5.69 Å². The Bertz CT molecular complexity index is 1650. The van der Waals surface area contributed by atoms with Crippen LogP contribution in [0.1, 0.15) is 42.0 Å². The molecule has 0 radical (unpaired) electrons. The third-order valence-corrected chi connectivity index (χ3v) is 8.43. The quantitative estimate of drug-likeness (QED) is 0.213. The number of carbonyl (C=O) groups excluding carboxylic acids is 1. The van der Waals surface area contributed by atoms with Gasteiger partial charge in [0.15, 0.2) is 11.0 Å². The van der Waals surface area contributed by atoms with E-state index in [9.17, 15) is 18.0 Å². The Kier molecular flexibility index (Phi) is 9.81. The van der Waals surface area contributed by atoms with E-state index in [0.29, 0.717) is 11.5 Å². The number of anilines is 1. The third kappa shape index (κ3) is 8.44. The van der Waals surface area contributed by atoms with Gasteiger partial charge in [0.1, 0.15) is 12.1 Å². The van der Waals surface area contributed by atoms with E-state index in [2.05, 4.69) is 62.9 Å². The van der Waals surface area contributed by atoms with Crippen LogP contribution in [0.4, 0.5) is 23.7 Å². The topological polar surface area (TPSA) is 84.6 Å². The van der Waals surface area contributed by atoms with Gasteiger partial charge in [-0.05, 0) is 87.9 Å². The Labute approximate surface area is 264 Å². The summed E-state index contributed by atoms with van der Waals surface area (Å²) in [5.74, 6) is 1.12. The maximum absolute atomic E-state index is 12.9. The van der Waals surface area contributed by atoms with Crippen LogP contribution >= 0.6 is 11.8 Å². The number of carbonyl (C=O) groups is 1. The van der Waals surface area contributed by atoms with Gasteiger partial charge in [-0.2, -0.15) is 4.99 Å². The van der Waals surface area contributed by atoms with Gasteiger partial charge in [-0.15, -0.1) is 18.3 Å². The first kappa shape index (κ1) is 32.1. The number of ether oxygens (including phenoxy) is 1. The van der Waals surface area contributed by atoms with E-state index < -0.39 is 6.36 Å². The summed E-state index contributed by atoms with van der Waals surface area (Å²) in [6.07, 6.45) is -0.709. The minimum absolute atomic E-state index is 0.0725. The average molecular weight is 637 g/mol. The van der Waals surface area contributed by atoms with Crippen molar-refractivity contribution < 1.29 is 22.7 Å². The molecule has 1 atom stereocenters. The number of hydrogen-bond acceptors (Lipinski definition) is 5. The van der Waals surface area contributed by atoms with Gasteiger partial charge < -0.3 is 15.0 Å². The zero-order chi connectivity index (χ0) is 32.1. The molecule has 5 rings (SSSR count). The maximum Gasteiger partial charge on any atom is 0.573 e. The highest BCUT2D eigenvalue weighted by atomic mass is 32.2. The van der Waals surface area contributed by atoms with Crippen LogP contribution in [0.5, 0.6) is 5.75 Å². The maximum atomic E-state index is 12.9. The minimum Gasteiger partial charge on any atom is -0.406 e. The lowest BCUT2D eigenvalue weighted by molar-refractivity contribution is -0.274. The number of nitrogens with one attached hydrogen (secondary N) is 1. The van der Waals surface area contributed by atoms with E-state index in [0.717, 1.165) is 53.5 Å². The van der Waals surface area contributed by atoms with Crippen molar-refractivity contribution in [1.82, 2.24) is 20.1 Å². The third-order valence-electron chi connectivity index (χ3n) is 7.37. The van der Waals surface area contributed by atoms with Gasteiger partial charge in [-0.1, -0.05) is 53.7 Å². The minimum atomic E-state index is -4.74. The fourth-order valence-corrected chi connectivity index (χ4v) is 6.33. The molecule has 2 heterocycles. The van der Waals surface area contributed by atoms with Crippen molar-refractivity contribution in [3.63, 3.8) is 0 Å². The number of nitrogens with zero attached hydrogens (tertiary/aromatic N) is 5. The predicted octanol–water partition coefficient (Wildman–Crippen LogP) is 7.79. The Morgan fingerprint density at radius 3 is 2.42 bits per heavy atom. The first-order valence-electron chi connectivity index (χ1n) is 14.7. The lowest BCUT2D eigenvalue weighted by Crippen LogP contribution is -2.38. The van der Waals surface area contributed by atoms with E-state index in [4.69, 9.17) is 0 Å². The molecule has 0 spiro atoms. The van der Waals surface area contributed by atoms with Crippen LogP contribution in [-0.2, 0) is 6.42 Å². The number of hydrogen-bond donors (Lipinski definition) is 1. The molecule has 1 aliphatic rings. The summed E-state index contributed by atoms with van der Waals surface area (Å²) < 4.78 is 42.7. The molecule has 0 bridgehead atoms. The highest BCUT2D eigenvalue weighted by Gasteiger charge is 2.31. The van der Waals surface area contributed by atoms with Crippen LogP contribution in [0.15, 0.2) is 72.0 Å². The molecule has 1 aromatic heterocycles. The smallest absolute Gasteiger partial charge is 0.406 e. The van der Waals surface area contributed by atoms with E-state index in [1.54, 1.807) is 11.8 Å². The molecule has 0 saturated carbocycles. The van der Waals surface area contributed by atoms with Crippen LogP contribution in [0.25, 0.3) is 17.1 Å². The Morgan fingerprint density at radius 2 is 1.76 bits per heavy atom. The Hall–Kier alpha value is -4.32. The number of amidine groups is 1. The highest BCUT2D eigenvalue weighted by Crippen LogP contribution is 2.32. The summed E-state index contributed by atoms with van der Waals surface area (Å²) >= 11 is 1.62. The first-order valence-corrected chi connectivity index (χ1v) is 15.7. The lowest BCUT2D eigenvalue weighted by atomic mass is 10.0. The van der Waals surface area contributed by atoms with Gasteiger partial charge in [-0.25, -0.2) is 14.5 Å². The summed E-state index contributed by atoms with van der Waals surface area (Å²) in [4.78, 5) is 23.9. The number of aliphatic imine (C=N–C) groups is 1. The van der Waals surface area contributed by atoms with Gasteiger partial charge in [0.2, 0.25) is 0 Å². The fraction of sp³-hybridized carbons (Fsp3) is 0.333. The normalized spacial score (nSPS) is 15.3. The number of halogens is 3. The van der Waals surface area contributed by atoms with Crippen LogP contribution in [0.3, 0.4) is 0 Å². The second kappa shape index (κ2) is 13.8. The molecule has 2 amide bonds. The van der Waals surface area contributed by atoms with Crippen molar-refractivity contribution in [3.05, 3.63) is 89.2 Å². The molecule has 236 valence electrons. The lowest BCUT2D eigenvalue weighted by Gasteiger charge is -2.32. The number of aromatic nitrogens is 3. The second-order valence-electron chi connectivity index (χ2n) is 11.1. The molecule has 45 heavy (non-hydrogen) atoms. The molecule has 3 aromatic carbocycles. The van der Waals surface area contributed by atoms with Crippen LogP contribution in [0, 0.1) is 20.8 Å². The summed E-state index contributed by atoms with van der Waals surface area (Å²) in [5.41, 5.74) is 7.17. The molecule has 1 saturated heterocycles. The van der Waals surface area contributed by atoms with E-state index in [1.165, 1.54) is 52.0 Å². The highest BCUT2D eigenvalue weighted by molar-refractivity contribution is 8.14. The molecule has 1 unspecified atom stereocenters. The van der Waals surface area contributed by atoms with E-state index in [1.807, 2.05) is 31.2 Å². The number of amides is 2. The van der Waals surface area contributed by atoms with Gasteiger partial charge in [0, 0.05) is 29.6 Å². The number of rotatable bonds is 8. The molecule has 1 fully saturated rings. The number of aryl methyl sites for hydroxylation is 4. The average Bonchev–Trinajstić information content (AvgIpc) is 3.47. The van der Waals surface area contributed by atoms with Crippen molar-refractivity contribution in [2.24, 2.45) is 4.99 Å². The first-order chi connectivity index (χ1) is 21.4. The zero-order valence-electron chi connectivity index (χ0n) is 25.6. The number of alkyl halides is 3. The van der Waals surface area contributed by atoms with Gasteiger partial charge >= 0.3 is 12.4 Å². The van der Waals surface area contributed by atoms with Crippen molar-refractivity contribution in [3.8, 4) is 22.8 Å². The molecule has 0 aliphatic carbocycles. The predicted molar refractivity (Wildman–Crippen MR) is 172 cm³/mol. The number of benzene rings is 3. The molecule has 1 aliphatic heterocycles. The summed E-state index contributed by atoms with van der Waals surface area (Å²) in [6, 6.07) is 17.2. The molecule has 4 aromatic rings. The fourth-order valence-electron chi connectivity index (χ4n) is 5.38. The molecule has 1 N–H and O–H groups in total. The van der Waals surface area contributed by atoms with Crippen molar-refractivity contribution in [2.45, 2.75) is 59.4 Å².